The number of hydrazone groups is 1. The van der Waals surface area contributed by atoms with Crippen LogP contribution in [0.3, 0.4) is 0 Å². The molecule has 0 radical (unpaired) electrons. The third-order valence-electron chi connectivity index (χ3n) is 4.27. The van der Waals surface area contributed by atoms with E-state index in [4.69, 9.17) is 4.74 Å². The third-order valence-corrected chi connectivity index (χ3v) is 5.14. The number of amides is 2. The average Bonchev–Trinajstić information content (AvgIpc) is 3.37. The summed E-state index contributed by atoms with van der Waals surface area (Å²) in [5.41, 5.74) is -0.527. The van der Waals surface area contributed by atoms with Crippen molar-refractivity contribution in [3.8, 4) is 0 Å². The zero-order valence-electron chi connectivity index (χ0n) is 17.5. The maximum atomic E-state index is 13.1. The van der Waals surface area contributed by atoms with Crippen LogP contribution in [0.1, 0.15) is 20.8 Å². The molecule has 0 atom stereocenters. The number of anilines is 1. The van der Waals surface area contributed by atoms with E-state index in [-0.39, 0.29) is 5.69 Å². The van der Waals surface area contributed by atoms with Crippen molar-refractivity contribution in [3.05, 3.63) is 88.1 Å². The minimum Gasteiger partial charge on any atom is -0.454 e. The monoisotopic (exact) mass is 489 g/mol. The topological polar surface area (TPSA) is 88.1 Å². The number of benzene rings is 2. The fourth-order valence-corrected chi connectivity index (χ4v) is 3.29. The number of rotatable bonds is 8. The van der Waals surface area contributed by atoms with Crippen LogP contribution in [-0.4, -0.2) is 37.1 Å². The molecule has 0 aliphatic rings. The molecule has 1 aromatic heterocycles. The number of carbonyl (C=O) groups is 3. The number of hydrogen-bond donors (Lipinski definition) is 1. The van der Waals surface area contributed by atoms with Gasteiger partial charge in [-0.05, 0) is 35.2 Å². The SMILES string of the molecule is O=C(CNC(=O)c1cccs1)OCC(=O)N(/N=C/c1ccccc1)c1cccc(C(F)(F)F)c1. The predicted molar refractivity (Wildman–Crippen MR) is 121 cm³/mol. The van der Waals surface area contributed by atoms with Crippen LogP contribution in [0.4, 0.5) is 18.9 Å². The van der Waals surface area contributed by atoms with Crippen molar-refractivity contribution < 1.29 is 32.3 Å². The third kappa shape index (κ3) is 7.01. The number of nitrogens with zero attached hydrogens (tertiary/aromatic N) is 2. The van der Waals surface area contributed by atoms with Crippen molar-refractivity contribution in [2.75, 3.05) is 18.2 Å². The molecule has 0 unspecified atom stereocenters. The summed E-state index contributed by atoms with van der Waals surface area (Å²) in [4.78, 5) is 37.0. The summed E-state index contributed by atoms with van der Waals surface area (Å²) in [5.74, 6) is -2.25. The van der Waals surface area contributed by atoms with Crippen molar-refractivity contribution in [3.63, 3.8) is 0 Å². The first-order valence-electron chi connectivity index (χ1n) is 9.80. The van der Waals surface area contributed by atoms with Crippen molar-refractivity contribution in [2.45, 2.75) is 6.18 Å². The number of nitrogens with one attached hydrogen (secondary N) is 1. The van der Waals surface area contributed by atoms with Crippen LogP contribution in [0.2, 0.25) is 0 Å². The molecule has 0 saturated heterocycles. The molecule has 0 fully saturated rings. The number of thiophene rings is 1. The molecule has 1 N–H and O–H groups in total. The minimum atomic E-state index is -4.62. The number of carbonyl (C=O) groups excluding carboxylic acids is 3. The zero-order valence-corrected chi connectivity index (χ0v) is 18.3. The lowest BCUT2D eigenvalue weighted by molar-refractivity contribution is -0.146. The molecule has 0 aliphatic carbocycles. The summed E-state index contributed by atoms with van der Waals surface area (Å²) in [6, 6.07) is 15.9. The summed E-state index contributed by atoms with van der Waals surface area (Å²) in [6.45, 7) is -1.28. The van der Waals surface area contributed by atoms with E-state index < -0.39 is 42.7 Å². The first-order valence-corrected chi connectivity index (χ1v) is 10.7. The summed E-state index contributed by atoms with van der Waals surface area (Å²) in [6.07, 6.45) is -3.33. The maximum Gasteiger partial charge on any atom is 0.416 e. The second-order valence-corrected chi connectivity index (χ2v) is 7.68. The summed E-state index contributed by atoms with van der Waals surface area (Å²) < 4.78 is 44.3. The highest BCUT2D eigenvalue weighted by molar-refractivity contribution is 7.12. The fraction of sp³-hybridized carbons (Fsp3) is 0.130. The standard InChI is InChI=1S/C23H18F3N3O4S/c24-23(25,26)17-8-4-9-18(12-17)29(28-13-16-6-2-1-3-7-16)20(30)15-33-21(31)14-27-22(32)19-10-5-11-34-19/h1-13H,14-15H2,(H,27,32)/b28-13+. The van der Waals surface area contributed by atoms with E-state index in [0.29, 0.717) is 10.4 Å². The van der Waals surface area contributed by atoms with E-state index >= 15 is 0 Å². The Kier molecular flexibility index (Phi) is 8.14. The Morgan fingerprint density at radius 1 is 1.03 bits per heavy atom. The Hall–Kier alpha value is -3.99. The van der Waals surface area contributed by atoms with Gasteiger partial charge in [0, 0.05) is 0 Å². The largest absolute Gasteiger partial charge is 0.454 e. The van der Waals surface area contributed by atoms with Gasteiger partial charge in [-0.3, -0.25) is 14.4 Å². The van der Waals surface area contributed by atoms with Gasteiger partial charge >= 0.3 is 12.1 Å². The van der Waals surface area contributed by atoms with Crippen molar-refractivity contribution >= 4 is 41.0 Å². The molecule has 0 bridgehead atoms. The number of hydrogen-bond acceptors (Lipinski definition) is 6. The number of alkyl halides is 3. The number of esters is 1. The van der Waals surface area contributed by atoms with Crippen molar-refractivity contribution in [1.29, 1.82) is 0 Å². The van der Waals surface area contributed by atoms with E-state index in [1.54, 1.807) is 47.8 Å². The molecule has 1 heterocycles. The zero-order chi connectivity index (χ0) is 24.6. The molecule has 0 spiro atoms. The molecule has 2 amide bonds. The average molecular weight is 489 g/mol. The predicted octanol–water partition coefficient (Wildman–Crippen LogP) is 4.11. The summed E-state index contributed by atoms with van der Waals surface area (Å²) in [5, 5.41) is 8.78. The molecule has 3 rings (SSSR count). The van der Waals surface area contributed by atoms with E-state index in [2.05, 4.69) is 10.4 Å². The Morgan fingerprint density at radius 3 is 2.47 bits per heavy atom. The molecular weight excluding hydrogens is 471 g/mol. The lowest BCUT2D eigenvalue weighted by atomic mass is 10.2. The van der Waals surface area contributed by atoms with Gasteiger partial charge in [-0.15, -0.1) is 11.3 Å². The Morgan fingerprint density at radius 2 is 1.79 bits per heavy atom. The molecule has 2 aromatic carbocycles. The van der Waals surface area contributed by atoms with Gasteiger partial charge in [0.2, 0.25) is 0 Å². The molecule has 176 valence electrons. The summed E-state index contributed by atoms with van der Waals surface area (Å²) >= 11 is 1.19. The second kappa shape index (κ2) is 11.2. The highest BCUT2D eigenvalue weighted by Crippen LogP contribution is 2.31. The van der Waals surface area contributed by atoms with E-state index in [1.165, 1.54) is 23.6 Å². The van der Waals surface area contributed by atoms with Gasteiger partial charge in [0.1, 0.15) is 6.54 Å². The first kappa shape index (κ1) is 24.6. The van der Waals surface area contributed by atoms with Crippen LogP contribution in [0.5, 0.6) is 0 Å². The van der Waals surface area contributed by atoms with Crippen LogP contribution in [-0.2, 0) is 20.5 Å². The first-order chi connectivity index (χ1) is 16.2. The Balaban J connectivity index is 1.70. The highest BCUT2D eigenvalue weighted by atomic mass is 32.1. The number of halogens is 3. The van der Waals surface area contributed by atoms with Crippen LogP contribution >= 0.6 is 11.3 Å². The van der Waals surface area contributed by atoms with Crippen molar-refractivity contribution in [2.24, 2.45) is 5.10 Å². The Labute approximate surface area is 196 Å². The smallest absolute Gasteiger partial charge is 0.416 e. The van der Waals surface area contributed by atoms with Gasteiger partial charge in [0.15, 0.2) is 6.61 Å². The molecule has 0 saturated carbocycles. The van der Waals surface area contributed by atoms with E-state index in [0.717, 1.165) is 23.2 Å². The summed E-state index contributed by atoms with van der Waals surface area (Å²) in [7, 11) is 0. The van der Waals surface area contributed by atoms with Gasteiger partial charge in [-0.25, -0.2) is 0 Å². The molecular formula is C23H18F3N3O4S. The van der Waals surface area contributed by atoms with Gasteiger partial charge in [-0.2, -0.15) is 23.3 Å². The van der Waals surface area contributed by atoms with Crippen LogP contribution in [0.15, 0.2) is 77.2 Å². The number of ether oxygens (including phenoxy) is 1. The lowest BCUT2D eigenvalue weighted by Crippen LogP contribution is -2.34. The molecule has 0 aliphatic heterocycles. The van der Waals surface area contributed by atoms with E-state index in [1.807, 2.05) is 0 Å². The quantitative estimate of drug-likeness (QED) is 0.293. The van der Waals surface area contributed by atoms with Crippen LogP contribution < -0.4 is 10.3 Å². The fourth-order valence-electron chi connectivity index (χ4n) is 2.65. The van der Waals surface area contributed by atoms with Crippen molar-refractivity contribution in [1.82, 2.24) is 5.32 Å². The molecule has 11 heteroatoms. The highest BCUT2D eigenvalue weighted by Gasteiger charge is 2.31. The molecule has 3 aromatic rings. The molecule has 7 nitrogen and oxygen atoms in total. The van der Waals surface area contributed by atoms with Crippen LogP contribution in [0, 0.1) is 0 Å². The van der Waals surface area contributed by atoms with E-state index in [9.17, 15) is 27.6 Å². The second-order valence-electron chi connectivity index (χ2n) is 6.73. The minimum absolute atomic E-state index is 0.158. The van der Waals surface area contributed by atoms with Gasteiger partial charge < -0.3 is 10.1 Å². The Bertz CT molecular complexity index is 1170. The van der Waals surface area contributed by atoms with Gasteiger partial charge in [0.05, 0.1) is 22.3 Å². The van der Waals surface area contributed by atoms with Gasteiger partial charge in [0.25, 0.3) is 11.8 Å². The lowest BCUT2D eigenvalue weighted by Gasteiger charge is -2.18. The van der Waals surface area contributed by atoms with Gasteiger partial charge in [-0.1, -0.05) is 42.5 Å². The van der Waals surface area contributed by atoms with Crippen LogP contribution in [0.25, 0.3) is 0 Å². The maximum absolute atomic E-state index is 13.1. The molecule has 34 heavy (non-hydrogen) atoms. The normalized spacial score (nSPS) is 11.3.